The standard InChI is InChI=1S/C20H20ClN3O2/c1-2-26-20(25)14-24-13-16(18-5-3-4-6-19(18)24)12-23-22-11-15-7-9-17(21)10-8-15/h3-10,12-13,22H,2,11,14H2,1H3/b23-12-. The fraction of sp³-hybridized carbons (Fsp3) is 0.200. The van der Waals surface area contributed by atoms with Gasteiger partial charge in [0, 0.05) is 27.7 Å². The van der Waals surface area contributed by atoms with Crippen LogP contribution in [0.2, 0.25) is 5.02 Å². The molecule has 0 aliphatic carbocycles. The van der Waals surface area contributed by atoms with Crippen LogP contribution in [-0.2, 0) is 22.6 Å². The summed E-state index contributed by atoms with van der Waals surface area (Å²) in [7, 11) is 0. The molecule has 1 heterocycles. The topological polar surface area (TPSA) is 55.6 Å². The van der Waals surface area contributed by atoms with Crippen LogP contribution in [0.5, 0.6) is 0 Å². The van der Waals surface area contributed by atoms with Crippen molar-refractivity contribution in [3.8, 4) is 0 Å². The lowest BCUT2D eigenvalue weighted by molar-refractivity contribution is -0.143. The number of aromatic nitrogens is 1. The molecule has 134 valence electrons. The second kappa shape index (κ2) is 8.54. The number of hydrogen-bond donors (Lipinski definition) is 1. The summed E-state index contributed by atoms with van der Waals surface area (Å²) >= 11 is 5.88. The molecule has 0 radical (unpaired) electrons. The second-order valence-electron chi connectivity index (χ2n) is 5.75. The van der Waals surface area contributed by atoms with Crippen molar-refractivity contribution in [3.63, 3.8) is 0 Å². The molecule has 1 aromatic heterocycles. The SMILES string of the molecule is CCOC(=O)Cn1cc(/C=N\NCc2ccc(Cl)cc2)c2ccccc21. The van der Waals surface area contributed by atoms with E-state index in [1.54, 1.807) is 13.1 Å². The number of esters is 1. The third kappa shape index (κ3) is 4.43. The largest absolute Gasteiger partial charge is 0.465 e. The Kier molecular flexibility index (Phi) is 5.92. The summed E-state index contributed by atoms with van der Waals surface area (Å²) in [5, 5.41) is 6.05. The minimum Gasteiger partial charge on any atom is -0.465 e. The molecule has 1 N–H and O–H groups in total. The van der Waals surface area contributed by atoms with Crippen LogP contribution in [0.1, 0.15) is 18.1 Å². The molecule has 2 aromatic carbocycles. The average molecular weight is 370 g/mol. The lowest BCUT2D eigenvalue weighted by Crippen LogP contribution is -2.12. The van der Waals surface area contributed by atoms with Gasteiger partial charge in [-0.05, 0) is 30.7 Å². The van der Waals surface area contributed by atoms with Gasteiger partial charge in [-0.3, -0.25) is 4.79 Å². The number of fused-ring (bicyclic) bond motifs is 1. The number of hydrazone groups is 1. The summed E-state index contributed by atoms with van der Waals surface area (Å²) in [5.74, 6) is -0.252. The molecule has 0 aliphatic rings. The van der Waals surface area contributed by atoms with Gasteiger partial charge < -0.3 is 14.7 Å². The van der Waals surface area contributed by atoms with E-state index < -0.39 is 0 Å². The Hall–Kier alpha value is -2.79. The predicted molar refractivity (Wildman–Crippen MR) is 104 cm³/mol. The normalized spacial score (nSPS) is 11.2. The molecule has 0 aliphatic heterocycles. The van der Waals surface area contributed by atoms with E-state index in [9.17, 15) is 4.79 Å². The van der Waals surface area contributed by atoms with E-state index in [1.807, 2.05) is 59.3 Å². The van der Waals surface area contributed by atoms with E-state index in [-0.39, 0.29) is 12.5 Å². The Balaban J connectivity index is 1.72. The minimum atomic E-state index is -0.252. The molecule has 0 spiro atoms. The van der Waals surface area contributed by atoms with Crippen LogP contribution in [0.25, 0.3) is 10.9 Å². The maximum Gasteiger partial charge on any atom is 0.325 e. The zero-order chi connectivity index (χ0) is 18.4. The van der Waals surface area contributed by atoms with E-state index in [1.165, 1.54) is 0 Å². The molecular weight excluding hydrogens is 350 g/mol. The number of carbonyl (C=O) groups is 1. The Morgan fingerprint density at radius 2 is 2.00 bits per heavy atom. The van der Waals surface area contributed by atoms with Crippen molar-refractivity contribution in [3.05, 3.63) is 70.9 Å². The first-order valence-electron chi connectivity index (χ1n) is 8.41. The van der Waals surface area contributed by atoms with Crippen molar-refractivity contribution >= 4 is 34.7 Å². The number of benzene rings is 2. The Bertz CT molecular complexity index is 916. The third-order valence-corrected chi connectivity index (χ3v) is 4.17. The third-order valence-electron chi connectivity index (χ3n) is 3.92. The number of nitrogens with one attached hydrogen (secondary N) is 1. The van der Waals surface area contributed by atoms with Gasteiger partial charge in [-0.2, -0.15) is 5.10 Å². The molecule has 6 heteroatoms. The summed E-state index contributed by atoms with van der Waals surface area (Å²) in [6, 6.07) is 15.5. The molecule has 0 amide bonds. The molecule has 3 rings (SSSR count). The molecule has 5 nitrogen and oxygen atoms in total. The van der Waals surface area contributed by atoms with Crippen LogP contribution in [0.3, 0.4) is 0 Å². The highest BCUT2D eigenvalue weighted by atomic mass is 35.5. The lowest BCUT2D eigenvalue weighted by atomic mass is 10.2. The number of para-hydroxylation sites is 1. The summed E-state index contributed by atoms with van der Waals surface area (Å²) in [6.45, 7) is 2.96. The molecule has 26 heavy (non-hydrogen) atoms. The van der Waals surface area contributed by atoms with Crippen LogP contribution in [0.15, 0.2) is 59.8 Å². The van der Waals surface area contributed by atoms with Crippen molar-refractivity contribution in [1.29, 1.82) is 0 Å². The van der Waals surface area contributed by atoms with Crippen molar-refractivity contribution in [2.24, 2.45) is 5.10 Å². The highest BCUT2D eigenvalue weighted by Gasteiger charge is 2.10. The van der Waals surface area contributed by atoms with Crippen molar-refractivity contribution < 1.29 is 9.53 Å². The van der Waals surface area contributed by atoms with Crippen LogP contribution in [0.4, 0.5) is 0 Å². The molecule has 3 aromatic rings. The van der Waals surface area contributed by atoms with E-state index in [0.29, 0.717) is 18.2 Å². The molecule has 0 saturated carbocycles. The van der Waals surface area contributed by atoms with Crippen LogP contribution >= 0.6 is 11.6 Å². The lowest BCUT2D eigenvalue weighted by Gasteiger charge is -2.04. The molecule has 0 saturated heterocycles. The van der Waals surface area contributed by atoms with E-state index in [2.05, 4.69) is 10.5 Å². The number of rotatable bonds is 7. The maximum absolute atomic E-state index is 11.8. The predicted octanol–water partition coefficient (Wildman–Crippen LogP) is 3.98. The van der Waals surface area contributed by atoms with Gasteiger partial charge in [0.05, 0.1) is 19.4 Å². The van der Waals surface area contributed by atoms with Gasteiger partial charge in [0.2, 0.25) is 0 Å². The van der Waals surface area contributed by atoms with E-state index >= 15 is 0 Å². The summed E-state index contributed by atoms with van der Waals surface area (Å²) in [5.41, 5.74) is 6.03. The fourth-order valence-electron chi connectivity index (χ4n) is 2.71. The smallest absolute Gasteiger partial charge is 0.325 e. The van der Waals surface area contributed by atoms with Gasteiger partial charge >= 0.3 is 5.97 Å². The number of nitrogens with zero attached hydrogens (tertiary/aromatic N) is 2. The quantitative estimate of drug-likeness (QED) is 0.389. The van der Waals surface area contributed by atoms with Gasteiger partial charge in [-0.15, -0.1) is 0 Å². The van der Waals surface area contributed by atoms with Gasteiger partial charge in [0.1, 0.15) is 6.54 Å². The van der Waals surface area contributed by atoms with Crippen molar-refractivity contribution in [2.75, 3.05) is 6.61 Å². The number of ether oxygens (including phenoxy) is 1. The Morgan fingerprint density at radius 1 is 1.23 bits per heavy atom. The van der Waals surface area contributed by atoms with Crippen LogP contribution in [0, 0.1) is 0 Å². The van der Waals surface area contributed by atoms with Crippen molar-refractivity contribution in [2.45, 2.75) is 20.0 Å². The zero-order valence-electron chi connectivity index (χ0n) is 14.5. The number of carbonyl (C=O) groups excluding carboxylic acids is 1. The number of halogens is 1. The number of hydrogen-bond acceptors (Lipinski definition) is 4. The first-order chi connectivity index (χ1) is 12.7. The summed E-state index contributed by atoms with van der Waals surface area (Å²) in [6.07, 6.45) is 3.68. The first kappa shape index (κ1) is 18.0. The summed E-state index contributed by atoms with van der Waals surface area (Å²) < 4.78 is 6.93. The highest BCUT2D eigenvalue weighted by Crippen LogP contribution is 2.20. The molecule has 0 unspecified atom stereocenters. The molecule has 0 fully saturated rings. The Morgan fingerprint density at radius 3 is 2.77 bits per heavy atom. The fourth-order valence-corrected chi connectivity index (χ4v) is 2.83. The second-order valence-corrected chi connectivity index (χ2v) is 6.19. The van der Waals surface area contributed by atoms with E-state index in [4.69, 9.17) is 16.3 Å². The van der Waals surface area contributed by atoms with Crippen LogP contribution < -0.4 is 5.43 Å². The highest BCUT2D eigenvalue weighted by molar-refractivity contribution is 6.30. The zero-order valence-corrected chi connectivity index (χ0v) is 15.2. The maximum atomic E-state index is 11.8. The Labute approximate surface area is 157 Å². The molecule has 0 bridgehead atoms. The first-order valence-corrected chi connectivity index (χ1v) is 8.79. The molecule has 0 atom stereocenters. The van der Waals surface area contributed by atoms with Crippen molar-refractivity contribution in [1.82, 2.24) is 9.99 Å². The van der Waals surface area contributed by atoms with Gasteiger partial charge in [-0.1, -0.05) is 41.9 Å². The van der Waals surface area contributed by atoms with Crippen LogP contribution in [-0.4, -0.2) is 23.4 Å². The minimum absolute atomic E-state index is 0.181. The average Bonchev–Trinajstić information content (AvgIpc) is 2.98. The van der Waals surface area contributed by atoms with E-state index in [0.717, 1.165) is 22.0 Å². The van der Waals surface area contributed by atoms with Gasteiger partial charge in [-0.25, -0.2) is 0 Å². The monoisotopic (exact) mass is 369 g/mol. The van der Waals surface area contributed by atoms with Gasteiger partial charge in [0.25, 0.3) is 0 Å². The summed E-state index contributed by atoms with van der Waals surface area (Å²) in [4.78, 5) is 11.8. The van der Waals surface area contributed by atoms with Gasteiger partial charge in [0.15, 0.2) is 0 Å². The molecular formula is C20H20ClN3O2.